The molecule has 0 saturated carbocycles. The molecule has 0 bridgehead atoms. The normalized spacial score (nSPS) is 11.2. The van der Waals surface area contributed by atoms with Crippen molar-refractivity contribution in [2.75, 3.05) is 34.4 Å². The van der Waals surface area contributed by atoms with Crippen LogP contribution in [0.5, 0.6) is 17.2 Å². The van der Waals surface area contributed by atoms with Crippen LogP contribution in [0.1, 0.15) is 11.1 Å². The number of carbonyl (C=O) groups excluding carboxylic acids is 1. The molecule has 0 unspecified atom stereocenters. The SMILES string of the molecule is COc1ccc(S(=O)(=O)N(CCc2ccccc2)CC(=O)NCc2c(OC)cccc2OC)cc1. The molecule has 35 heavy (non-hydrogen) atoms. The quantitative estimate of drug-likeness (QED) is 0.412. The fraction of sp³-hybridized carbons (Fsp3) is 0.269. The second-order valence-electron chi connectivity index (χ2n) is 7.67. The summed E-state index contributed by atoms with van der Waals surface area (Å²) in [6.07, 6.45) is 0.462. The summed E-state index contributed by atoms with van der Waals surface area (Å²) in [7, 11) is 0.647. The van der Waals surface area contributed by atoms with Gasteiger partial charge in [-0.1, -0.05) is 36.4 Å². The summed E-state index contributed by atoms with van der Waals surface area (Å²) < 4.78 is 43.9. The van der Waals surface area contributed by atoms with Gasteiger partial charge in [0.25, 0.3) is 0 Å². The predicted molar refractivity (Wildman–Crippen MR) is 133 cm³/mol. The van der Waals surface area contributed by atoms with Crippen LogP contribution in [0.3, 0.4) is 0 Å². The van der Waals surface area contributed by atoms with E-state index in [1.165, 1.54) is 37.8 Å². The summed E-state index contributed by atoms with van der Waals surface area (Å²) >= 11 is 0. The van der Waals surface area contributed by atoms with E-state index in [-0.39, 0.29) is 24.5 Å². The number of benzene rings is 3. The number of rotatable bonds is 12. The van der Waals surface area contributed by atoms with Gasteiger partial charge in [-0.15, -0.1) is 0 Å². The molecule has 186 valence electrons. The van der Waals surface area contributed by atoms with E-state index >= 15 is 0 Å². The van der Waals surface area contributed by atoms with Gasteiger partial charge in [0.2, 0.25) is 15.9 Å². The molecule has 0 heterocycles. The average molecular weight is 499 g/mol. The third kappa shape index (κ3) is 6.74. The molecular formula is C26H30N2O6S. The average Bonchev–Trinajstić information content (AvgIpc) is 2.90. The smallest absolute Gasteiger partial charge is 0.243 e. The van der Waals surface area contributed by atoms with Crippen molar-refractivity contribution in [2.24, 2.45) is 0 Å². The van der Waals surface area contributed by atoms with Crippen LogP contribution in [0.4, 0.5) is 0 Å². The van der Waals surface area contributed by atoms with Crippen LogP contribution in [-0.2, 0) is 27.8 Å². The molecule has 0 aliphatic heterocycles. The number of nitrogens with zero attached hydrogens (tertiary/aromatic N) is 1. The second kappa shape index (κ2) is 12.2. The molecule has 0 fully saturated rings. The number of methoxy groups -OCH3 is 3. The first-order valence-corrected chi connectivity index (χ1v) is 12.5. The molecule has 3 aromatic carbocycles. The van der Waals surface area contributed by atoms with Crippen LogP contribution in [0.2, 0.25) is 0 Å². The second-order valence-corrected chi connectivity index (χ2v) is 9.61. The highest BCUT2D eigenvalue weighted by Gasteiger charge is 2.27. The van der Waals surface area contributed by atoms with Gasteiger partial charge < -0.3 is 19.5 Å². The van der Waals surface area contributed by atoms with E-state index in [1.807, 2.05) is 30.3 Å². The van der Waals surface area contributed by atoms with Crippen molar-refractivity contribution in [3.05, 3.63) is 83.9 Å². The fourth-order valence-corrected chi connectivity index (χ4v) is 4.98. The summed E-state index contributed by atoms with van der Waals surface area (Å²) in [4.78, 5) is 13.0. The lowest BCUT2D eigenvalue weighted by Crippen LogP contribution is -2.41. The molecule has 1 amide bonds. The van der Waals surface area contributed by atoms with Crippen molar-refractivity contribution in [1.82, 2.24) is 9.62 Å². The molecule has 1 N–H and O–H groups in total. The van der Waals surface area contributed by atoms with Gasteiger partial charge in [-0.25, -0.2) is 8.42 Å². The number of amides is 1. The zero-order valence-electron chi connectivity index (χ0n) is 20.1. The standard InChI is InChI=1S/C26H30N2O6S/c1-32-21-12-14-22(15-13-21)35(30,31)28(17-16-20-8-5-4-6-9-20)19-26(29)27-18-23-24(33-2)10-7-11-25(23)34-3/h4-15H,16-19H2,1-3H3,(H,27,29). The van der Waals surface area contributed by atoms with Crippen molar-refractivity contribution in [3.63, 3.8) is 0 Å². The lowest BCUT2D eigenvalue weighted by atomic mass is 10.1. The highest BCUT2D eigenvalue weighted by Crippen LogP contribution is 2.28. The van der Waals surface area contributed by atoms with Gasteiger partial charge in [0, 0.05) is 6.54 Å². The lowest BCUT2D eigenvalue weighted by Gasteiger charge is -2.22. The van der Waals surface area contributed by atoms with Crippen molar-refractivity contribution in [1.29, 1.82) is 0 Å². The molecular weight excluding hydrogens is 468 g/mol. The molecule has 0 spiro atoms. The first-order chi connectivity index (χ1) is 16.9. The third-order valence-electron chi connectivity index (χ3n) is 5.50. The van der Waals surface area contributed by atoms with Crippen LogP contribution < -0.4 is 19.5 Å². The van der Waals surface area contributed by atoms with E-state index in [9.17, 15) is 13.2 Å². The Bertz CT molecular complexity index is 1190. The number of sulfonamides is 1. The Kier molecular flexibility index (Phi) is 9.11. The van der Waals surface area contributed by atoms with Crippen molar-refractivity contribution >= 4 is 15.9 Å². The van der Waals surface area contributed by atoms with Crippen LogP contribution in [0.25, 0.3) is 0 Å². The number of carbonyl (C=O) groups is 1. The molecule has 9 heteroatoms. The number of hydrogen-bond acceptors (Lipinski definition) is 6. The summed E-state index contributed by atoms with van der Waals surface area (Å²) in [5.41, 5.74) is 1.64. The van der Waals surface area contributed by atoms with Gasteiger partial charge in [0.05, 0.1) is 44.9 Å². The summed E-state index contributed by atoms with van der Waals surface area (Å²) in [6.45, 7) is -0.0659. The van der Waals surface area contributed by atoms with Crippen molar-refractivity contribution in [2.45, 2.75) is 17.9 Å². The largest absolute Gasteiger partial charge is 0.497 e. The lowest BCUT2D eigenvalue weighted by molar-refractivity contribution is -0.121. The van der Waals surface area contributed by atoms with Gasteiger partial charge in [-0.3, -0.25) is 4.79 Å². The minimum Gasteiger partial charge on any atom is -0.497 e. The predicted octanol–water partition coefficient (Wildman–Crippen LogP) is 3.26. The van der Waals surface area contributed by atoms with Crippen LogP contribution in [0, 0.1) is 0 Å². The maximum Gasteiger partial charge on any atom is 0.243 e. The van der Waals surface area contributed by atoms with E-state index < -0.39 is 15.9 Å². The number of hydrogen-bond donors (Lipinski definition) is 1. The summed E-state index contributed by atoms with van der Waals surface area (Å²) in [5.74, 6) is 1.24. The third-order valence-corrected chi connectivity index (χ3v) is 7.36. The van der Waals surface area contributed by atoms with E-state index in [2.05, 4.69) is 5.32 Å². The number of ether oxygens (including phenoxy) is 3. The molecule has 3 aromatic rings. The van der Waals surface area contributed by atoms with Crippen LogP contribution in [-0.4, -0.2) is 53.0 Å². The van der Waals surface area contributed by atoms with Crippen molar-refractivity contribution in [3.8, 4) is 17.2 Å². The van der Waals surface area contributed by atoms with E-state index in [1.54, 1.807) is 30.3 Å². The summed E-state index contributed by atoms with van der Waals surface area (Å²) in [6, 6.07) is 21.0. The minimum atomic E-state index is -3.93. The zero-order valence-corrected chi connectivity index (χ0v) is 20.9. The Morgan fingerprint density at radius 1 is 0.829 bits per heavy atom. The number of nitrogens with one attached hydrogen (secondary N) is 1. The topological polar surface area (TPSA) is 94.2 Å². The first kappa shape index (κ1) is 26.1. The Balaban J connectivity index is 1.79. The van der Waals surface area contributed by atoms with Gasteiger partial charge in [0.1, 0.15) is 17.2 Å². The maximum atomic E-state index is 13.4. The summed E-state index contributed by atoms with van der Waals surface area (Å²) in [5, 5.41) is 2.79. The van der Waals surface area contributed by atoms with Gasteiger partial charge >= 0.3 is 0 Å². The van der Waals surface area contributed by atoms with Gasteiger partial charge in [0.15, 0.2) is 0 Å². The Hall–Kier alpha value is -3.56. The Morgan fingerprint density at radius 2 is 1.46 bits per heavy atom. The molecule has 0 aromatic heterocycles. The minimum absolute atomic E-state index is 0.0885. The van der Waals surface area contributed by atoms with Crippen LogP contribution >= 0.6 is 0 Å². The molecule has 0 aliphatic carbocycles. The highest BCUT2D eigenvalue weighted by molar-refractivity contribution is 7.89. The highest BCUT2D eigenvalue weighted by atomic mass is 32.2. The molecule has 0 aliphatic rings. The van der Waals surface area contributed by atoms with E-state index in [0.29, 0.717) is 29.2 Å². The zero-order chi connectivity index (χ0) is 25.3. The molecule has 8 nitrogen and oxygen atoms in total. The molecule has 0 radical (unpaired) electrons. The van der Waals surface area contributed by atoms with Crippen LogP contribution in [0.15, 0.2) is 77.7 Å². The Labute approximate surface area is 206 Å². The molecule has 3 rings (SSSR count). The van der Waals surface area contributed by atoms with E-state index in [0.717, 1.165) is 5.56 Å². The monoisotopic (exact) mass is 498 g/mol. The van der Waals surface area contributed by atoms with E-state index in [4.69, 9.17) is 14.2 Å². The first-order valence-electron chi connectivity index (χ1n) is 11.0. The fourth-order valence-electron chi connectivity index (χ4n) is 3.58. The molecule has 0 saturated heterocycles. The van der Waals surface area contributed by atoms with Crippen molar-refractivity contribution < 1.29 is 27.4 Å². The van der Waals surface area contributed by atoms with Gasteiger partial charge in [-0.05, 0) is 48.4 Å². The Morgan fingerprint density at radius 3 is 2.03 bits per heavy atom. The van der Waals surface area contributed by atoms with Gasteiger partial charge in [-0.2, -0.15) is 4.31 Å². The maximum absolute atomic E-state index is 13.4. The molecule has 0 atom stereocenters.